The SMILES string of the molecule is CCC(=O)C(=O)OCCCOCC(OCCCOC(=O)C(=O)CC)C(COCCCOC(=O)C(=O)CC)OCCCOC(=O)C(=O)CC. The molecule has 16 nitrogen and oxygen atoms in total. The summed E-state index contributed by atoms with van der Waals surface area (Å²) in [5.41, 5.74) is 0. The molecule has 0 N–H and O–H groups in total. The van der Waals surface area contributed by atoms with Crippen molar-refractivity contribution in [2.24, 2.45) is 0 Å². The third-order valence-corrected chi connectivity index (χ3v) is 6.21. The lowest BCUT2D eigenvalue weighted by molar-refractivity contribution is -0.156. The lowest BCUT2D eigenvalue weighted by Crippen LogP contribution is -2.40. The van der Waals surface area contributed by atoms with Crippen LogP contribution in [0, 0.1) is 0 Å². The van der Waals surface area contributed by atoms with Gasteiger partial charge >= 0.3 is 23.9 Å². The second-order valence-electron chi connectivity index (χ2n) is 10.0. The maximum absolute atomic E-state index is 11.6. The molecular weight excluding hydrogens is 640 g/mol. The molecule has 0 aromatic rings. The van der Waals surface area contributed by atoms with Crippen LogP contribution >= 0.6 is 0 Å². The number of hydrogen-bond acceptors (Lipinski definition) is 16. The molecule has 0 spiro atoms. The van der Waals surface area contributed by atoms with Crippen LogP contribution < -0.4 is 0 Å². The van der Waals surface area contributed by atoms with Gasteiger partial charge in [0.05, 0.1) is 52.9 Å². The predicted octanol–water partition coefficient (Wildman–Crippen LogP) is 1.44. The first kappa shape index (κ1) is 44.4. The van der Waals surface area contributed by atoms with E-state index < -0.39 is 59.2 Å². The number of carbonyl (C=O) groups is 8. The van der Waals surface area contributed by atoms with Crippen LogP contribution in [0.15, 0.2) is 0 Å². The molecule has 0 aromatic heterocycles. The quantitative estimate of drug-likeness (QED) is 0.0436. The van der Waals surface area contributed by atoms with Crippen molar-refractivity contribution in [2.75, 3.05) is 66.1 Å². The standard InChI is InChI=1S/C32H50O16/c1-5-23(33)29(37)45-17-9-13-41-21-27(43-15-11-19-47-31(39)25(35)7-3)28(44-16-12-20-48-32(40)26(36)8-4)22-42-14-10-18-46-30(38)24(34)6-2/h27-28H,5-22H2,1-4H3. The summed E-state index contributed by atoms with van der Waals surface area (Å²) >= 11 is 0. The summed E-state index contributed by atoms with van der Waals surface area (Å²) in [5, 5.41) is 0. The van der Waals surface area contributed by atoms with E-state index in [0.717, 1.165) is 0 Å². The summed E-state index contributed by atoms with van der Waals surface area (Å²) in [5.74, 6) is -6.24. The zero-order chi connectivity index (χ0) is 36.2. The van der Waals surface area contributed by atoms with Crippen molar-refractivity contribution in [1.29, 1.82) is 0 Å². The van der Waals surface area contributed by atoms with E-state index in [0.29, 0.717) is 12.8 Å². The number of ether oxygens (including phenoxy) is 8. The van der Waals surface area contributed by atoms with E-state index in [1.165, 1.54) is 0 Å². The molecule has 0 bridgehead atoms. The Balaban J connectivity index is 5.26. The van der Waals surface area contributed by atoms with Gasteiger partial charge in [-0.2, -0.15) is 0 Å². The van der Waals surface area contributed by atoms with E-state index in [1.807, 2.05) is 0 Å². The van der Waals surface area contributed by atoms with Crippen LogP contribution in [-0.4, -0.2) is 125 Å². The van der Waals surface area contributed by atoms with Gasteiger partial charge in [0.1, 0.15) is 12.2 Å². The van der Waals surface area contributed by atoms with Gasteiger partial charge in [-0.15, -0.1) is 0 Å². The Bertz CT molecular complexity index is 944. The monoisotopic (exact) mass is 690 g/mol. The molecule has 0 aromatic carbocycles. The summed E-state index contributed by atoms with van der Waals surface area (Å²) in [4.78, 5) is 92.0. The van der Waals surface area contributed by atoms with Gasteiger partial charge in [0.25, 0.3) is 0 Å². The van der Waals surface area contributed by atoms with Crippen molar-refractivity contribution in [3.8, 4) is 0 Å². The number of ketones is 4. The molecule has 0 aliphatic rings. The Morgan fingerprint density at radius 1 is 0.375 bits per heavy atom. The van der Waals surface area contributed by atoms with Crippen LogP contribution in [0.2, 0.25) is 0 Å². The van der Waals surface area contributed by atoms with Crippen molar-refractivity contribution in [2.45, 2.75) is 91.3 Å². The van der Waals surface area contributed by atoms with E-state index in [4.69, 9.17) is 37.9 Å². The Morgan fingerprint density at radius 2 is 0.625 bits per heavy atom. The van der Waals surface area contributed by atoms with Crippen LogP contribution in [0.5, 0.6) is 0 Å². The van der Waals surface area contributed by atoms with Gasteiger partial charge in [-0.1, -0.05) is 27.7 Å². The molecule has 0 aliphatic heterocycles. The Hall–Kier alpha value is -3.60. The molecular formula is C32H50O16. The Morgan fingerprint density at radius 3 is 0.875 bits per heavy atom. The summed E-state index contributed by atoms with van der Waals surface area (Å²) in [6.07, 6.45) is -0.290. The minimum atomic E-state index is -0.931. The smallest absolute Gasteiger partial charge is 0.374 e. The average molecular weight is 691 g/mol. The van der Waals surface area contributed by atoms with Crippen LogP contribution in [-0.2, 0) is 76.3 Å². The molecule has 0 aliphatic carbocycles. The molecule has 2 unspecified atom stereocenters. The molecule has 0 saturated heterocycles. The highest BCUT2D eigenvalue weighted by molar-refractivity contribution is 6.34. The first-order valence-electron chi connectivity index (χ1n) is 16.2. The van der Waals surface area contributed by atoms with Crippen molar-refractivity contribution in [1.82, 2.24) is 0 Å². The third kappa shape index (κ3) is 21.3. The molecule has 48 heavy (non-hydrogen) atoms. The number of hydrogen-bond donors (Lipinski definition) is 0. The number of Topliss-reactive ketones (excluding diaryl/α,β-unsaturated/α-hetero) is 4. The minimum absolute atomic E-state index is 0.0132. The maximum Gasteiger partial charge on any atom is 0.374 e. The number of carbonyl (C=O) groups excluding carboxylic acids is 8. The molecule has 0 saturated carbocycles. The zero-order valence-electron chi connectivity index (χ0n) is 28.4. The van der Waals surface area contributed by atoms with Crippen molar-refractivity contribution < 1.29 is 76.3 Å². The van der Waals surface area contributed by atoms with Gasteiger partial charge in [0.15, 0.2) is 0 Å². The number of rotatable bonds is 31. The van der Waals surface area contributed by atoms with Crippen molar-refractivity contribution in [3.63, 3.8) is 0 Å². The molecule has 16 heteroatoms. The first-order chi connectivity index (χ1) is 23.0. The van der Waals surface area contributed by atoms with Crippen LogP contribution in [0.1, 0.15) is 79.1 Å². The fraction of sp³-hybridized carbons (Fsp3) is 0.750. The van der Waals surface area contributed by atoms with E-state index in [-0.39, 0.29) is 105 Å². The fourth-order valence-corrected chi connectivity index (χ4v) is 3.39. The maximum atomic E-state index is 11.6. The molecule has 0 rings (SSSR count). The highest BCUT2D eigenvalue weighted by Gasteiger charge is 2.25. The predicted molar refractivity (Wildman–Crippen MR) is 165 cm³/mol. The van der Waals surface area contributed by atoms with E-state index >= 15 is 0 Å². The summed E-state index contributed by atoms with van der Waals surface area (Å²) in [7, 11) is 0. The fourth-order valence-electron chi connectivity index (χ4n) is 3.39. The van der Waals surface area contributed by atoms with Crippen molar-refractivity contribution in [3.05, 3.63) is 0 Å². The minimum Gasteiger partial charge on any atom is -0.460 e. The third-order valence-electron chi connectivity index (χ3n) is 6.21. The highest BCUT2D eigenvalue weighted by Crippen LogP contribution is 2.10. The molecule has 0 amide bonds. The van der Waals surface area contributed by atoms with E-state index in [9.17, 15) is 38.4 Å². The van der Waals surface area contributed by atoms with Crippen molar-refractivity contribution >= 4 is 47.0 Å². The Labute approximate surface area is 280 Å². The second-order valence-corrected chi connectivity index (χ2v) is 10.0. The zero-order valence-corrected chi connectivity index (χ0v) is 28.4. The van der Waals surface area contributed by atoms with Crippen LogP contribution in [0.25, 0.3) is 0 Å². The highest BCUT2D eigenvalue weighted by atomic mass is 16.6. The summed E-state index contributed by atoms with van der Waals surface area (Å²) in [6, 6.07) is 0. The molecule has 274 valence electrons. The normalized spacial score (nSPS) is 12.0. The Kier molecular flexibility index (Phi) is 26.3. The molecule has 0 fully saturated rings. The van der Waals surface area contributed by atoms with Gasteiger partial charge in [0.2, 0.25) is 23.1 Å². The summed E-state index contributed by atoms with van der Waals surface area (Å²) in [6.45, 7) is 6.40. The number of esters is 4. The lowest BCUT2D eigenvalue weighted by Gasteiger charge is -2.27. The van der Waals surface area contributed by atoms with Gasteiger partial charge in [-0.05, 0) is 0 Å². The molecule has 0 heterocycles. The topological polar surface area (TPSA) is 210 Å². The van der Waals surface area contributed by atoms with E-state index in [1.54, 1.807) is 27.7 Å². The summed E-state index contributed by atoms with van der Waals surface area (Å²) < 4.78 is 43.1. The van der Waals surface area contributed by atoms with Gasteiger partial charge < -0.3 is 37.9 Å². The van der Waals surface area contributed by atoms with Gasteiger partial charge in [-0.25, -0.2) is 19.2 Å². The molecule has 2 atom stereocenters. The van der Waals surface area contributed by atoms with Crippen LogP contribution in [0.4, 0.5) is 0 Å². The second kappa shape index (κ2) is 28.4. The average Bonchev–Trinajstić information content (AvgIpc) is 3.10. The van der Waals surface area contributed by atoms with Crippen LogP contribution in [0.3, 0.4) is 0 Å². The van der Waals surface area contributed by atoms with Gasteiger partial charge in [-0.3, -0.25) is 19.2 Å². The largest absolute Gasteiger partial charge is 0.460 e. The molecule has 0 radical (unpaired) electrons. The lowest BCUT2D eigenvalue weighted by atomic mass is 10.2. The first-order valence-corrected chi connectivity index (χ1v) is 16.2. The van der Waals surface area contributed by atoms with E-state index in [2.05, 4.69) is 0 Å². The van der Waals surface area contributed by atoms with Gasteiger partial charge in [0, 0.05) is 64.6 Å².